The van der Waals surface area contributed by atoms with E-state index >= 15 is 0 Å². The molecule has 0 radical (unpaired) electrons. The van der Waals surface area contributed by atoms with Crippen molar-refractivity contribution < 1.29 is 10.0 Å². The fraction of sp³-hybridized carbons (Fsp3) is 0.867. The molecule has 5 heteroatoms. The van der Waals surface area contributed by atoms with E-state index in [1.165, 1.54) is 0 Å². The van der Waals surface area contributed by atoms with Crippen LogP contribution < -0.4 is 5.73 Å². The molecule has 1 saturated heterocycles. The molecule has 0 aromatic heterocycles. The standard InChI is InChI=1S/C15H27N3O2/c1-12-6-10-18(11-7-12)14(19)15(13(16)17-20)8-4-2-3-5-9-15/h12,20H,2-11H2,1H3,(H2,16,17). The summed E-state index contributed by atoms with van der Waals surface area (Å²) in [4.78, 5) is 14.9. The Morgan fingerprint density at radius 2 is 1.75 bits per heavy atom. The summed E-state index contributed by atoms with van der Waals surface area (Å²) < 4.78 is 0. The molecule has 0 atom stereocenters. The minimum Gasteiger partial charge on any atom is -0.409 e. The minimum absolute atomic E-state index is 0.0848. The van der Waals surface area contributed by atoms with E-state index < -0.39 is 5.41 Å². The summed E-state index contributed by atoms with van der Waals surface area (Å²) >= 11 is 0. The molecule has 1 aliphatic carbocycles. The molecule has 2 fully saturated rings. The van der Waals surface area contributed by atoms with Gasteiger partial charge in [-0.05, 0) is 31.6 Å². The zero-order valence-corrected chi connectivity index (χ0v) is 12.5. The predicted molar refractivity (Wildman–Crippen MR) is 78.5 cm³/mol. The Bertz CT molecular complexity index is 365. The van der Waals surface area contributed by atoms with Crippen LogP contribution in [0.3, 0.4) is 0 Å². The van der Waals surface area contributed by atoms with E-state index in [2.05, 4.69) is 12.1 Å². The normalized spacial score (nSPS) is 25.2. The van der Waals surface area contributed by atoms with Crippen molar-refractivity contribution in [2.75, 3.05) is 13.1 Å². The van der Waals surface area contributed by atoms with E-state index in [0.717, 1.165) is 51.6 Å². The van der Waals surface area contributed by atoms with Gasteiger partial charge in [-0.3, -0.25) is 4.79 Å². The summed E-state index contributed by atoms with van der Waals surface area (Å²) in [5, 5.41) is 12.3. The van der Waals surface area contributed by atoms with Gasteiger partial charge in [-0.25, -0.2) is 0 Å². The van der Waals surface area contributed by atoms with Gasteiger partial charge in [0, 0.05) is 13.1 Å². The van der Waals surface area contributed by atoms with Crippen LogP contribution in [-0.4, -0.2) is 34.9 Å². The van der Waals surface area contributed by atoms with Crippen LogP contribution >= 0.6 is 0 Å². The summed E-state index contributed by atoms with van der Waals surface area (Å²) in [6, 6.07) is 0. The highest BCUT2D eigenvalue weighted by atomic mass is 16.4. The first-order valence-electron chi connectivity index (χ1n) is 7.87. The van der Waals surface area contributed by atoms with Gasteiger partial charge in [0.2, 0.25) is 5.91 Å². The minimum atomic E-state index is -0.758. The van der Waals surface area contributed by atoms with Crippen LogP contribution in [0.5, 0.6) is 0 Å². The summed E-state index contributed by atoms with van der Waals surface area (Å²) in [5.41, 5.74) is 5.18. The first-order chi connectivity index (χ1) is 9.60. The third-order valence-electron chi connectivity index (χ3n) is 5.04. The zero-order valence-electron chi connectivity index (χ0n) is 12.5. The maximum Gasteiger partial charge on any atom is 0.236 e. The molecule has 3 N–H and O–H groups in total. The number of likely N-dealkylation sites (tertiary alicyclic amines) is 1. The molecule has 0 bridgehead atoms. The molecular formula is C15H27N3O2. The maximum atomic E-state index is 13.0. The molecule has 114 valence electrons. The highest BCUT2D eigenvalue weighted by Gasteiger charge is 2.45. The number of rotatable bonds is 2. The van der Waals surface area contributed by atoms with Crippen molar-refractivity contribution in [1.29, 1.82) is 0 Å². The quantitative estimate of drug-likeness (QED) is 0.268. The van der Waals surface area contributed by atoms with Crippen LogP contribution in [-0.2, 0) is 4.79 Å². The van der Waals surface area contributed by atoms with Gasteiger partial charge in [-0.15, -0.1) is 0 Å². The Hall–Kier alpha value is -1.26. The lowest BCUT2D eigenvalue weighted by atomic mass is 9.77. The summed E-state index contributed by atoms with van der Waals surface area (Å²) in [6.07, 6.45) is 7.76. The molecule has 0 aromatic carbocycles. The molecule has 1 aliphatic heterocycles. The average Bonchev–Trinajstić information content (AvgIpc) is 2.73. The number of oxime groups is 1. The highest BCUT2D eigenvalue weighted by Crippen LogP contribution is 2.38. The summed E-state index contributed by atoms with van der Waals surface area (Å²) in [5.74, 6) is 0.887. The van der Waals surface area contributed by atoms with E-state index in [1.807, 2.05) is 4.90 Å². The number of piperidine rings is 1. The van der Waals surface area contributed by atoms with E-state index in [-0.39, 0.29) is 11.7 Å². The van der Waals surface area contributed by atoms with Crippen molar-refractivity contribution in [3.63, 3.8) is 0 Å². The lowest BCUT2D eigenvalue weighted by molar-refractivity contribution is -0.140. The van der Waals surface area contributed by atoms with Crippen molar-refractivity contribution in [3.8, 4) is 0 Å². The number of nitrogens with two attached hydrogens (primary N) is 1. The molecule has 0 aromatic rings. The van der Waals surface area contributed by atoms with Gasteiger partial charge in [0.15, 0.2) is 5.84 Å². The van der Waals surface area contributed by atoms with E-state index in [1.54, 1.807) is 0 Å². The van der Waals surface area contributed by atoms with Crippen molar-refractivity contribution in [1.82, 2.24) is 4.90 Å². The van der Waals surface area contributed by atoms with Gasteiger partial charge in [0.05, 0.1) is 0 Å². The van der Waals surface area contributed by atoms with Gasteiger partial charge in [-0.2, -0.15) is 0 Å². The number of carbonyl (C=O) groups excluding carboxylic acids is 1. The lowest BCUT2D eigenvalue weighted by Gasteiger charge is -2.38. The van der Waals surface area contributed by atoms with E-state index in [9.17, 15) is 4.79 Å². The smallest absolute Gasteiger partial charge is 0.236 e. The predicted octanol–water partition coefficient (Wildman–Crippen LogP) is 2.33. The number of nitrogens with zero attached hydrogens (tertiary/aromatic N) is 2. The fourth-order valence-electron chi connectivity index (χ4n) is 3.52. The van der Waals surface area contributed by atoms with Crippen LogP contribution in [0.25, 0.3) is 0 Å². The molecule has 0 unspecified atom stereocenters. The highest BCUT2D eigenvalue weighted by molar-refractivity contribution is 6.06. The molecule has 1 heterocycles. The first-order valence-corrected chi connectivity index (χ1v) is 7.87. The van der Waals surface area contributed by atoms with Crippen LogP contribution in [0.2, 0.25) is 0 Å². The van der Waals surface area contributed by atoms with E-state index in [0.29, 0.717) is 18.8 Å². The topological polar surface area (TPSA) is 78.9 Å². The summed E-state index contributed by atoms with van der Waals surface area (Å²) in [6.45, 7) is 3.84. The van der Waals surface area contributed by atoms with Crippen LogP contribution in [0.4, 0.5) is 0 Å². The number of amides is 1. The Morgan fingerprint density at radius 3 is 2.25 bits per heavy atom. The Labute approximate surface area is 121 Å². The zero-order chi connectivity index (χ0) is 14.6. The van der Waals surface area contributed by atoms with Crippen LogP contribution in [0.15, 0.2) is 5.16 Å². The lowest BCUT2D eigenvalue weighted by Crippen LogP contribution is -2.53. The number of hydrogen-bond donors (Lipinski definition) is 2. The number of carbonyl (C=O) groups is 1. The largest absolute Gasteiger partial charge is 0.409 e. The molecule has 20 heavy (non-hydrogen) atoms. The van der Waals surface area contributed by atoms with Crippen molar-refractivity contribution in [2.24, 2.45) is 22.2 Å². The summed E-state index contributed by atoms with van der Waals surface area (Å²) in [7, 11) is 0. The molecule has 1 saturated carbocycles. The third-order valence-corrected chi connectivity index (χ3v) is 5.04. The third kappa shape index (κ3) is 2.91. The van der Waals surface area contributed by atoms with Gasteiger partial charge in [-0.1, -0.05) is 37.8 Å². The second-order valence-electron chi connectivity index (χ2n) is 6.46. The van der Waals surface area contributed by atoms with Crippen molar-refractivity contribution >= 4 is 11.7 Å². The fourth-order valence-corrected chi connectivity index (χ4v) is 3.52. The number of hydrogen-bond acceptors (Lipinski definition) is 3. The SMILES string of the molecule is CC1CCN(C(=O)C2(C(N)=NO)CCCCCC2)CC1. The Morgan fingerprint density at radius 1 is 1.20 bits per heavy atom. The monoisotopic (exact) mass is 281 g/mol. The Kier molecular flexibility index (Phi) is 4.89. The average molecular weight is 281 g/mol. The van der Waals surface area contributed by atoms with Crippen molar-refractivity contribution in [2.45, 2.75) is 58.3 Å². The molecule has 2 rings (SSSR count). The van der Waals surface area contributed by atoms with Crippen LogP contribution in [0, 0.1) is 11.3 Å². The molecule has 1 amide bonds. The van der Waals surface area contributed by atoms with Gasteiger partial charge < -0.3 is 15.8 Å². The maximum absolute atomic E-state index is 13.0. The Balaban J connectivity index is 2.19. The molecule has 2 aliphatic rings. The molecule has 5 nitrogen and oxygen atoms in total. The second kappa shape index (κ2) is 6.46. The molecular weight excluding hydrogens is 254 g/mol. The van der Waals surface area contributed by atoms with Gasteiger partial charge in [0.1, 0.15) is 5.41 Å². The van der Waals surface area contributed by atoms with Crippen LogP contribution in [0.1, 0.15) is 58.3 Å². The van der Waals surface area contributed by atoms with Gasteiger partial charge in [0.25, 0.3) is 0 Å². The number of amidine groups is 1. The van der Waals surface area contributed by atoms with E-state index in [4.69, 9.17) is 10.9 Å². The van der Waals surface area contributed by atoms with Crippen molar-refractivity contribution in [3.05, 3.63) is 0 Å². The van der Waals surface area contributed by atoms with Gasteiger partial charge >= 0.3 is 0 Å². The second-order valence-corrected chi connectivity index (χ2v) is 6.46. The molecule has 0 spiro atoms. The first kappa shape index (κ1) is 15.1.